The van der Waals surface area contributed by atoms with Gasteiger partial charge in [-0.3, -0.25) is 0 Å². The van der Waals surface area contributed by atoms with Gasteiger partial charge in [-0.15, -0.1) is 0 Å². The summed E-state index contributed by atoms with van der Waals surface area (Å²) in [7, 11) is 0. The van der Waals surface area contributed by atoms with Crippen LogP contribution < -0.4 is 0 Å². The fraction of sp³-hybridized carbons (Fsp3) is 0. The van der Waals surface area contributed by atoms with Crippen LogP contribution in [0.1, 0.15) is 0 Å². The molecule has 20 heavy (non-hydrogen) atoms. The minimum absolute atomic E-state index is 0.169. The summed E-state index contributed by atoms with van der Waals surface area (Å²) in [6.07, 6.45) is 0. The molecule has 0 fully saturated rings. The molecule has 0 N–H and O–H groups in total. The van der Waals surface area contributed by atoms with E-state index in [1.807, 2.05) is 24.3 Å². The Bertz CT molecular complexity index is 980. The molecule has 0 spiro atoms. The maximum Gasteiger partial charge on any atom is 0.224 e. The molecule has 0 aliphatic carbocycles. The lowest BCUT2D eigenvalue weighted by Crippen LogP contribution is -1.88. The Morgan fingerprint density at radius 3 is 2.30 bits per heavy atom. The summed E-state index contributed by atoms with van der Waals surface area (Å²) in [6, 6.07) is 16.5. The zero-order valence-electron chi connectivity index (χ0n) is 10.3. The average molecular weight is 299 g/mol. The lowest BCUT2D eigenvalue weighted by Gasteiger charge is -2.07. The molecule has 2 nitrogen and oxygen atoms in total. The quantitative estimate of drug-likeness (QED) is 0.192. The molecule has 0 atom stereocenters. The van der Waals surface area contributed by atoms with Gasteiger partial charge in [-0.1, -0.05) is 41.9 Å². The number of rotatable bonds is 0. The minimum Gasteiger partial charge on any atom is -0.218 e. The van der Waals surface area contributed by atoms with Gasteiger partial charge < -0.3 is 0 Å². The number of benzene rings is 3. The predicted molar refractivity (Wildman–Crippen MR) is 84.6 cm³/mol. The second kappa shape index (κ2) is 4.30. The molecule has 4 heteroatoms. The molecule has 1 heterocycles. The standard InChI is InChI=1S/C16H8Cl2N2/c17-15-14-12-8-10-4-2-1-3-9(10)7-11(12)5-6-13(14)19-16(18)20-15/h1-8H. The first-order valence-corrected chi connectivity index (χ1v) is 6.92. The highest BCUT2D eigenvalue weighted by atomic mass is 35.5. The predicted octanol–water partition coefficient (Wildman–Crippen LogP) is 5.24. The van der Waals surface area contributed by atoms with Crippen molar-refractivity contribution in [2.24, 2.45) is 0 Å². The van der Waals surface area contributed by atoms with E-state index in [0.717, 1.165) is 21.7 Å². The zero-order valence-corrected chi connectivity index (χ0v) is 11.8. The molecular formula is C16H8Cl2N2. The largest absolute Gasteiger partial charge is 0.224 e. The van der Waals surface area contributed by atoms with Crippen molar-refractivity contribution in [3.63, 3.8) is 0 Å². The fourth-order valence-corrected chi connectivity index (χ4v) is 3.07. The topological polar surface area (TPSA) is 25.8 Å². The van der Waals surface area contributed by atoms with E-state index in [1.54, 1.807) is 0 Å². The van der Waals surface area contributed by atoms with Gasteiger partial charge in [0.25, 0.3) is 0 Å². The van der Waals surface area contributed by atoms with Crippen molar-refractivity contribution >= 4 is 55.6 Å². The van der Waals surface area contributed by atoms with E-state index < -0.39 is 0 Å². The van der Waals surface area contributed by atoms with E-state index in [1.165, 1.54) is 10.8 Å². The molecule has 0 unspecified atom stereocenters. The maximum atomic E-state index is 6.26. The number of aromatic nitrogens is 2. The average Bonchev–Trinajstić information content (AvgIpc) is 2.44. The van der Waals surface area contributed by atoms with Gasteiger partial charge in [-0.25, -0.2) is 9.97 Å². The van der Waals surface area contributed by atoms with Crippen LogP contribution in [-0.4, -0.2) is 9.97 Å². The molecule has 4 rings (SSSR count). The number of hydrogen-bond donors (Lipinski definition) is 0. The first kappa shape index (κ1) is 11.9. The van der Waals surface area contributed by atoms with Gasteiger partial charge in [0.15, 0.2) is 0 Å². The zero-order chi connectivity index (χ0) is 13.7. The second-order valence-corrected chi connectivity index (χ2v) is 5.36. The number of hydrogen-bond acceptors (Lipinski definition) is 2. The van der Waals surface area contributed by atoms with Crippen molar-refractivity contribution in [1.82, 2.24) is 9.97 Å². The van der Waals surface area contributed by atoms with Gasteiger partial charge in [0.05, 0.1) is 5.52 Å². The van der Waals surface area contributed by atoms with Crippen LogP contribution in [0.15, 0.2) is 48.5 Å². The van der Waals surface area contributed by atoms with Crippen LogP contribution in [0.4, 0.5) is 0 Å². The Labute approximate surface area is 125 Å². The first-order chi connectivity index (χ1) is 9.72. The molecule has 0 amide bonds. The Hall–Kier alpha value is -1.90. The highest BCUT2D eigenvalue weighted by molar-refractivity contribution is 6.38. The second-order valence-electron chi connectivity index (χ2n) is 4.66. The van der Waals surface area contributed by atoms with Gasteiger partial charge in [0.2, 0.25) is 5.28 Å². The summed E-state index contributed by atoms with van der Waals surface area (Å²) < 4.78 is 0. The molecule has 96 valence electrons. The van der Waals surface area contributed by atoms with Crippen molar-refractivity contribution in [3.05, 3.63) is 59.0 Å². The molecule has 0 saturated carbocycles. The van der Waals surface area contributed by atoms with E-state index in [-0.39, 0.29) is 5.28 Å². The Kier molecular flexibility index (Phi) is 2.56. The van der Waals surface area contributed by atoms with Gasteiger partial charge in [0, 0.05) is 5.39 Å². The number of fused-ring (bicyclic) bond motifs is 4. The minimum atomic E-state index is 0.169. The van der Waals surface area contributed by atoms with Crippen LogP contribution in [-0.2, 0) is 0 Å². The number of nitrogens with zero attached hydrogens (tertiary/aromatic N) is 2. The lowest BCUT2D eigenvalue weighted by atomic mass is 10.0. The maximum absolute atomic E-state index is 6.26. The molecule has 0 aliphatic heterocycles. The van der Waals surface area contributed by atoms with Crippen LogP contribution in [0.2, 0.25) is 10.4 Å². The molecule has 3 aromatic carbocycles. The van der Waals surface area contributed by atoms with Crippen LogP contribution in [0.25, 0.3) is 32.4 Å². The van der Waals surface area contributed by atoms with Crippen LogP contribution >= 0.6 is 23.2 Å². The summed E-state index contributed by atoms with van der Waals surface area (Å²) in [4.78, 5) is 8.29. The van der Waals surface area contributed by atoms with E-state index in [0.29, 0.717) is 5.15 Å². The van der Waals surface area contributed by atoms with Gasteiger partial charge >= 0.3 is 0 Å². The third-order valence-corrected chi connectivity index (χ3v) is 3.92. The highest BCUT2D eigenvalue weighted by Gasteiger charge is 2.09. The fourth-order valence-electron chi connectivity index (χ4n) is 2.57. The summed E-state index contributed by atoms with van der Waals surface area (Å²) in [5.41, 5.74) is 0.762. The first-order valence-electron chi connectivity index (χ1n) is 6.17. The van der Waals surface area contributed by atoms with Gasteiger partial charge in [-0.2, -0.15) is 0 Å². The van der Waals surface area contributed by atoms with E-state index in [9.17, 15) is 0 Å². The van der Waals surface area contributed by atoms with Gasteiger partial charge in [0.1, 0.15) is 5.15 Å². The molecule has 0 aliphatic rings. The van der Waals surface area contributed by atoms with Crippen LogP contribution in [0, 0.1) is 0 Å². The van der Waals surface area contributed by atoms with E-state index in [2.05, 4.69) is 34.2 Å². The van der Waals surface area contributed by atoms with E-state index >= 15 is 0 Å². The van der Waals surface area contributed by atoms with Crippen molar-refractivity contribution in [3.8, 4) is 0 Å². The normalized spacial score (nSPS) is 11.5. The van der Waals surface area contributed by atoms with Crippen LogP contribution in [0.3, 0.4) is 0 Å². The Morgan fingerprint density at radius 1 is 0.750 bits per heavy atom. The lowest BCUT2D eigenvalue weighted by molar-refractivity contribution is 1.23. The third kappa shape index (κ3) is 1.73. The van der Waals surface area contributed by atoms with Crippen molar-refractivity contribution in [2.75, 3.05) is 0 Å². The summed E-state index contributed by atoms with van der Waals surface area (Å²) in [6.45, 7) is 0. The monoisotopic (exact) mass is 298 g/mol. The summed E-state index contributed by atoms with van der Waals surface area (Å²) in [5.74, 6) is 0. The summed E-state index contributed by atoms with van der Waals surface area (Å²) in [5, 5.41) is 5.93. The number of halogens is 2. The molecule has 0 saturated heterocycles. The molecule has 4 aromatic rings. The van der Waals surface area contributed by atoms with Crippen molar-refractivity contribution < 1.29 is 0 Å². The van der Waals surface area contributed by atoms with Gasteiger partial charge in [-0.05, 0) is 51.3 Å². The summed E-state index contributed by atoms with van der Waals surface area (Å²) >= 11 is 12.1. The smallest absolute Gasteiger partial charge is 0.218 e. The van der Waals surface area contributed by atoms with Crippen LogP contribution in [0.5, 0.6) is 0 Å². The molecule has 0 bridgehead atoms. The molecule has 1 aromatic heterocycles. The van der Waals surface area contributed by atoms with E-state index in [4.69, 9.17) is 23.2 Å². The SMILES string of the molecule is Clc1nc(Cl)c2c(ccc3cc4ccccc4cc32)n1. The van der Waals surface area contributed by atoms with Crippen molar-refractivity contribution in [1.29, 1.82) is 0 Å². The molecular weight excluding hydrogens is 291 g/mol. The van der Waals surface area contributed by atoms with Crippen molar-refractivity contribution in [2.45, 2.75) is 0 Å². The highest BCUT2D eigenvalue weighted by Crippen LogP contribution is 2.32. The Morgan fingerprint density at radius 2 is 1.50 bits per heavy atom. The third-order valence-electron chi connectivity index (χ3n) is 3.47. The Balaban J connectivity index is 2.26. The molecule has 0 radical (unpaired) electrons.